The molecular formula is C29H32O3. The maximum atomic E-state index is 13.1. The highest BCUT2D eigenvalue weighted by molar-refractivity contribution is 5.79. The van der Waals surface area contributed by atoms with Crippen LogP contribution in [0.25, 0.3) is 0 Å². The molecule has 3 heteroatoms. The van der Waals surface area contributed by atoms with E-state index >= 15 is 0 Å². The number of hydrogen-bond acceptors (Lipinski definition) is 3. The summed E-state index contributed by atoms with van der Waals surface area (Å²) in [5.74, 6) is 1.04. The van der Waals surface area contributed by atoms with E-state index < -0.39 is 0 Å². The second-order valence-electron chi connectivity index (χ2n) is 8.73. The first-order valence-electron chi connectivity index (χ1n) is 11.7. The lowest BCUT2D eigenvalue weighted by Gasteiger charge is -2.31. The molecule has 0 heterocycles. The average molecular weight is 429 g/mol. The van der Waals surface area contributed by atoms with E-state index in [1.165, 1.54) is 18.4 Å². The molecule has 4 rings (SSSR count). The molecule has 0 aliphatic heterocycles. The smallest absolute Gasteiger partial charge is 0.313 e. The molecule has 1 aliphatic carbocycles. The van der Waals surface area contributed by atoms with Gasteiger partial charge >= 0.3 is 5.97 Å². The zero-order valence-corrected chi connectivity index (χ0v) is 18.8. The molecule has 3 aromatic rings. The number of esters is 1. The number of carbonyl (C=O) groups is 1. The van der Waals surface area contributed by atoms with Crippen LogP contribution in [0.5, 0.6) is 5.75 Å². The third kappa shape index (κ3) is 5.79. The van der Waals surface area contributed by atoms with Crippen LogP contribution in [0.3, 0.4) is 0 Å². The maximum absolute atomic E-state index is 13.1. The molecule has 0 aromatic heterocycles. The van der Waals surface area contributed by atoms with E-state index in [4.69, 9.17) is 9.47 Å². The summed E-state index contributed by atoms with van der Waals surface area (Å²) in [5, 5.41) is 0. The first kappa shape index (κ1) is 22.1. The van der Waals surface area contributed by atoms with E-state index in [9.17, 15) is 4.79 Å². The lowest BCUT2D eigenvalue weighted by molar-refractivity contribution is -0.147. The molecule has 2 atom stereocenters. The number of rotatable bonds is 9. The van der Waals surface area contributed by atoms with Gasteiger partial charge in [0.1, 0.15) is 19.0 Å². The Morgan fingerprint density at radius 2 is 1.59 bits per heavy atom. The van der Waals surface area contributed by atoms with Gasteiger partial charge < -0.3 is 9.47 Å². The summed E-state index contributed by atoms with van der Waals surface area (Å²) in [6.07, 6.45) is 5.38. The number of carbonyl (C=O) groups excluding carboxylic acids is 1. The highest BCUT2D eigenvalue weighted by Gasteiger charge is 2.33. The van der Waals surface area contributed by atoms with Crippen LogP contribution >= 0.6 is 0 Å². The van der Waals surface area contributed by atoms with Crippen molar-refractivity contribution in [1.29, 1.82) is 0 Å². The van der Waals surface area contributed by atoms with Gasteiger partial charge in [0.2, 0.25) is 0 Å². The van der Waals surface area contributed by atoms with Gasteiger partial charge in [-0.25, -0.2) is 0 Å². The van der Waals surface area contributed by atoms with Crippen molar-refractivity contribution in [2.75, 3.05) is 0 Å². The summed E-state index contributed by atoms with van der Waals surface area (Å²) in [7, 11) is 0. The maximum Gasteiger partial charge on any atom is 0.313 e. The molecule has 1 aliphatic rings. The third-order valence-electron chi connectivity index (χ3n) is 6.29. The molecule has 0 N–H and O–H groups in total. The van der Waals surface area contributed by atoms with Crippen molar-refractivity contribution in [2.45, 2.75) is 58.2 Å². The third-order valence-corrected chi connectivity index (χ3v) is 6.29. The average Bonchev–Trinajstić information content (AvgIpc) is 2.85. The Morgan fingerprint density at radius 1 is 0.906 bits per heavy atom. The molecule has 32 heavy (non-hydrogen) atoms. The fourth-order valence-electron chi connectivity index (χ4n) is 4.55. The number of fused-ring (bicyclic) bond motifs is 1. The molecule has 2 unspecified atom stereocenters. The minimum absolute atomic E-state index is 0.116. The summed E-state index contributed by atoms with van der Waals surface area (Å²) < 4.78 is 11.8. The van der Waals surface area contributed by atoms with Crippen LogP contribution in [-0.2, 0) is 29.2 Å². The van der Waals surface area contributed by atoms with Gasteiger partial charge in [-0.3, -0.25) is 4.79 Å². The Morgan fingerprint density at radius 3 is 2.28 bits per heavy atom. The Hall–Kier alpha value is -3.07. The predicted octanol–water partition coefficient (Wildman–Crippen LogP) is 6.85. The van der Waals surface area contributed by atoms with Gasteiger partial charge in [-0.1, -0.05) is 92.9 Å². The zero-order valence-electron chi connectivity index (χ0n) is 18.8. The van der Waals surface area contributed by atoms with E-state index in [1.807, 2.05) is 54.6 Å². The topological polar surface area (TPSA) is 35.5 Å². The van der Waals surface area contributed by atoms with Gasteiger partial charge in [0.25, 0.3) is 0 Å². The van der Waals surface area contributed by atoms with Crippen molar-refractivity contribution in [1.82, 2.24) is 0 Å². The van der Waals surface area contributed by atoms with Gasteiger partial charge in [0.15, 0.2) is 0 Å². The minimum Gasteiger partial charge on any atom is -0.489 e. The van der Waals surface area contributed by atoms with Gasteiger partial charge in [-0.2, -0.15) is 0 Å². The van der Waals surface area contributed by atoms with Crippen molar-refractivity contribution in [3.8, 4) is 5.75 Å². The van der Waals surface area contributed by atoms with E-state index in [2.05, 4.69) is 31.2 Å². The molecule has 0 radical (unpaired) electrons. The van der Waals surface area contributed by atoms with E-state index in [0.29, 0.717) is 19.1 Å². The molecule has 3 aromatic carbocycles. The van der Waals surface area contributed by atoms with E-state index in [1.54, 1.807) is 0 Å². The van der Waals surface area contributed by atoms with Crippen molar-refractivity contribution in [3.63, 3.8) is 0 Å². The van der Waals surface area contributed by atoms with Gasteiger partial charge in [0, 0.05) is 0 Å². The van der Waals surface area contributed by atoms with E-state index in [0.717, 1.165) is 41.7 Å². The Labute approximate surface area is 191 Å². The number of benzene rings is 3. The van der Waals surface area contributed by atoms with Crippen molar-refractivity contribution in [3.05, 3.63) is 101 Å². The van der Waals surface area contributed by atoms with Crippen LogP contribution < -0.4 is 4.74 Å². The summed E-state index contributed by atoms with van der Waals surface area (Å²) >= 11 is 0. The highest BCUT2D eigenvalue weighted by atomic mass is 16.5. The fraction of sp³-hybridized carbons (Fsp3) is 0.345. The summed E-state index contributed by atoms with van der Waals surface area (Å²) in [6, 6.07) is 26.3. The van der Waals surface area contributed by atoms with Crippen molar-refractivity contribution in [2.24, 2.45) is 5.92 Å². The number of hydrogen-bond donors (Lipinski definition) is 0. The van der Waals surface area contributed by atoms with Gasteiger partial charge in [-0.15, -0.1) is 0 Å². The Kier molecular flexibility index (Phi) is 7.60. The van der Waals surface area contributed by atoms with Crippen LogP contribution in [0.1, 0.15) is 60.8 Å². The molecule has 166 valence electrons. The molecule has 0 saturated heterocycles. The SMILES string of the molecule is CCCCC1Cc2cc(OCc3ccccc3)ccc2C(C(=O)OCc2ccccc2)C1. The zero-order chi connectivity index (χ0) is 22.2. The molecule has 0 saturated carbocycles. The molecule has 0 bridgehead atoms. The minimum atomic E-state index is -0.201. The molecule has 3 nitrogen and oxygen atoms in total. The Balaban J connectivity index is 1.48. The number of ether oxygens (including phenoxy) is 2. The van der Waals surface area contributed by atoms with Gasteiger partial charge in [-0.05, 0) is 53.1 Å². The lowest BCUT2D eigenvalue weighted by Crippen LogP contribution is -2.26. The Bertz CT molecular complexity index is 997. The van der Waals surface area contributed by atoms with Crippen LogP contribution in [0.4, 0.5) is 0 Å². The predicted molar refractivity (Wildman–Crippen MR) is 128 cm³/mol. The standard InChI is InChI=1S/C29H32O3/c1-2-3-10-24-17-25-19-26(31-20-22-11-6-4-7-12-22)15-16-27(25)28(18-24)29(30)32-21-23-13-8-5-9-14-23/h4-9,11-16,19,24,28H,2-3,10,17-18,20-21H2,1H3. The van der Waals surface area contributed by atoms with Crippen LogP contribution in [-0.4, -0.2) is 5.97 Å². The normalized spacial score (nSPS) is 17.4. The fourth-order valence-corrected chi connectivity index (χ4v) is 4.55. The quantitative estimate of drug-likeness (QED) is 0.350. The second kappa shape index (κ2) is 11.0. The largest absolute Gasteiger partial charge is 0.489 e. The highest BCUT2D eigenvalue weighted by Crippen LogP contribution is 2.39. The van der Waals surface area contributed by atoms with Crippen LogP contribution in [0.15, 0.2) is 78.9 Å². The monoisotopic (exact) mass is 428 g/mol. The molecule has 0 fully saturated rings. The van der Waals surface area contributed by atoms with E-state index in [-0.39, 0.29) is 11.9 Å². The lowest BCUT2D eigenvalue weighted by atomic mass is 9.75. The first-order valence-corrected chi connectivity index (χ1v) is 11.7. The second-order valence-corrected chi connectivity index (χ2v) is 8.73. The summed E-state index contributed by atoms with van der Waals surface area (Å²) in [4.78, 5) is 13.1. The molecule has 0 spiro atoms. The van der Waals surface area contributed by atoms with Crippen LogP contribution in [0.2, 0.25) is 0 Å². The van der Waals surface area contributed by atoms with Crippen molar-refractivity contribution < 1.29 is 14.3 Å². The van der Waals surface area contributed by atoms with Crippen LogP contribution in [0, 0.1) is 5.92 Å². The van der Waals surface area contributed by atoms with Crippen molar-refractivity contribution >= 4 is 5.97 Å². The molecule has 0 amide bonds. The van der Waals surface area contributed by atoms with Gasteiger partial charge in [0.05, 0.1) is 5.92 Å². The summed E-state index contributed by atoms with van der Waals surface area (Å²) in [5.41, 5.74) is 4.49. The summed E-state index contributed by atoms with van der Waals surface area (Å²) in [6.45, 7) is 3.09. The first-order chi connectivity index (χ1) is 15.7. The molecular weight excluding hydrogens is 396 g/mol. The number of unbranched alkanes of at least 4 members (excludes halogenated alkanes) is 1.